The van der Waals surface area contributed by atoms with Gasteiger partial charge in [0.1, 0.15) is 17.5 Å². The molecule has 0 saturated carbocycles. The van der Waals surface area contributed by atoms with Gasteiger partial charge in [0.2, 0.25) is 5.78 Å². The molecule has 4 nitrogen and oxygen atoms in total. The van der Waals surface area contributed by atoms with Crippen molar-refractivity contribution in [2.45, 2.75) is 6.92 Å². The van der Waals surface area contributed by atoms with Gasteiger partial charge < -0.3 is 5.32 Å². The molecule has 2 rings (SSSR count). The van der Waals surface area contributed by atoms with Gasteiger partial charge in [-0.15, -0.1) is 0 Å². The van der Waals surface area contributed by atoms with Crippen molar-refractivity contribution < 1.29 is 4.79 Å². The molecule has 0 radical (unpaired) electrons. The van der Waals surface area contributed by atoms with Gasteiger partial charge in [0.15, 0.2) is 0 Å². The lowest BCUT2D eigenvalue weighted by Gasteiger charge is -2.08. The normalized spacial score (nSPS) is 11.3. The van der Waals surface area contributed by atoms with Crippen molar-refractivity contribution in [2.24, 2.45) is 0 Å². The van der Waals surface area contributed by atoms with E-state index in [1.807, 2.05) is 12.1 Å². The first kappa shape index (κ1) is 14.8. The zero-order valence-corrected chi connectivity index (χ0v) is 12.1. The Labute approximate surface area is 127 Å². The Morgan fingerprint density at radius 1 is 1.24 bits per heavy atom. The van der Waals surface area contributed by atoms with Gasteiger partial charge in [-0.3, -0.25) is 4.79 Å². The number of hydrogen-bond acceptors (Lipinski definition) is 4. The SMILES string of the molecule is C/C(Nc1ccc(Cl)cn1)=C(/C#N)C(=O)c1ccccc1. The number of benzene rings is 1. The second-order valence-corrected chi connectivity index (χ2v) is 4.73. The molecule has 0 aliphatic heterocycles. The number of carbonyl (C=O) groups is 1. The maximum absolute atomic E-state index is 12.3. The molecular formula is C16H12ClN3O. The monoisotopic (exact) mass is 297 g/mol. The summed E-state index contributed by atoms with van der Waals surface area (Å²) >= 11 is 5.76. The Morgan fingerprint density at radius 2 is 1.95 bits per heavy atom. The van der Waals surface area contributed by atoms with Crippen LogP contribution in [0, 0.1) is 11.3 Å². The summed E-state index contributed by atoms with van der Waals surface area (Å²) in [4.78, 5) is 16.4. The van der Waals surface area contributed by atoms with Crippen LogP contribution >= 0.6 is 11.6 Å². The summed E-state index contributed by atoms with van der Waals surface area (Å²) in [7, 11) is 0. The Balaban J connectivity index is 2.28. The molecule has 104 valence electrons. The lowest BCUT2D eigenvalue weighted by Crippen LogP contribution is -2.09. The largest absolute Gasteiger partial charge is 0.343 e. The summed E-state index contributed by atoms with van der Waals surface area (Å²) in [6.07, 6.45) is 1.49. The van der Waals surface area contributed by atoms with Gasteiger partial charge in [-0.1, -0.05) is 41.9 Å². The molecule has 2 aromatic rings. The van der Waals surface area contributed by atoms with Gasteiger partial charge in [-0.25, -0.2) is 4.98 Å². The molecule has 5 heteroatoms. The van der Waals surface area contributed by atoms with Crippen LogP contribution in [-0.2, 0) is 0 Å². The molecular weight excluding hydrogens is 286 g/mol. The smallest absolute Gasteiger partial charge is 0.205 e. The topological polar surface area (TPSA) is 65.8 Å². The number of rotatable bonds is 4. The predicted octanol–water partition coefficient (Wildman–Crippen LogP) is 3.83. The molecule has 0 aliphatic carbocycles. The fourth-order valence-electron chi connectivity index (χ4n) is 1.74. The number of hydrogen-bond donors (Lipinski definition) is 1. The second kappa shape index (κ2) is 6.69. The van der Waals surface area contributed by atoms with E-state index >= 15 is 0 Å². The first-order chi connectivity index (χ1) is 10.1. The van der Waals surface area contributed by atoms with Crippen LogP contribution in [0.4, 0.5) is 5.82 Å². The number of nitriles is 1. The van der Waals surface area contributed by atoms with Crippen LogP contribution in [-0.4, -0.2) is 10.8 Å². The van der Waals surface area contributed by atoms with E-state index in [1.54, 1.807) is 43.3 Å². The second-order valence-electron chi connectivity index (χ2n) is 4.29. The predicted molar refractivity (Wildman–Crippen MR) is 82.0 cm³/mol. The van der Waals surface area contributed by atoms with Gasteiger partial charge in [-0.2, -0.15) is 5.26 Å². The van der Waals surface area contributed by atoms with Crippen molar-refractivity contribution in [3.05, 3.63) is 70.5 Å². The summed E-state index contributed by atoms with van der Waals surface area (Å²) < 4.78 is 0. The van der Waals surface area contributed by atoms with Crippen LogP contribution in [0.3, 0.4) is 0 Å². The van der Waals surface area contributed by atoms with Crippen LogP contribution in [0.1, 0.15) is 17.3 Å². The molecule has 0 unspecified atom stereocenters. The number of allylic oxidation sites excluding steroid dienone is 2. The van der Waals surface area contributed by atoms with Crippen molar-refractivity contribution in [2.75, 3.05) is 5.32 Å². The summed E-state index contributed by atoms with van der Waals surface area (Å²) in [6.45, 7) is 1.66. The number of anilines is 1. The van der Waals surface area contributed by atoms with E-state index in [0.717, 1.165) is 0 Å². The number of nitrogens with one attached hydrogen (secondary N) is 1. The summed E-state index contributed by atoms with van der Waals surface area (Å²) in [5, 5.41) is 12.7. The average Bonchev–Trinajstić information content (AvgIpc) is 2.51. The number of aromatic nitrogens is 1. The van der Waals surface area contributed by atoms with E-state index in [4.69, 9.17) is 11.6 Å². The van der Waals surface area contributed by atoms with Crippen LogP contribution < -0.4 is 5.32 Å². The van der Waals surface area contributed by atoms with Crippen molar-refractivity contribution >= 4 is 23.2 Å². The number of ketones is 1. The lowest BCUT2D eigenvalue weighted by molar-refractivity contribution is 0.103. The van der Waals surface area contributed by atoms with Crippen LogP contribution in [0.5, 0.6) is 0 Å². The highest BCUT2D eigenvalue weighted by Crippen LogP contribution is 2.15. The highest BCUT2D eigenvalue weighted by atomic mass is 35.5. The number of Topliss-reactive ketones (excluding diaryl/α,β-unsaturated/α-hetero) is 1. The molecule has 1 N–H and O–H groups in total. The molecule has 0 amide bonds. The highest BCUT2D eigenvalue weighted by molar-refractivity contribution is 6.30. The molecule has 0 spiro atoms. The Bertz CT molecular complexity index is 715. The van der Waals surface area contributed by atoms with Gasteiger partial charge in [0.05, 0.1) is 5.02 Å². The molecule has 0 saturated heterocycles. The van der Waals surface area contributed by atoms with Gasteiger partial charge in [0.25, 0.3) is 0 Å². The molecule has 21 heavy (non-hydrogen) atoms. The Kier molecular flexibility index (Phi) is 4.70. The maximum atomic E-state index is 12.3. The number of nitrogens with zero attached hydrogens (tertiary/aromatic N) is 2. The first-order valence-electron chi connectivity index (χ1n) is 6.21. The van der Waals surface area contributed by atoms with E-state index in [9.17, 15) is 10.1 Å². The molecule has 1 aromatic carbocycles. The lowest BCUT2D eigenvalue weighted by atomic mass is 10.0. The number of halogens is 1. The molecule has 1 aromatic heterocycles. The molecule has 0 aliphatic rings. The van der Waals surface area contributed by atoms with Gasteiger partial charge in [-0.05, 0) is 19.1 Å². The highest BCUT2D eigenvalue weighted by Gasteiger charge is 2.15. The van der Waals surface area contributed by atoms with E-state index in [-0.39, 0.29) is 11.4 Å². The number of pyridine rings is 1. The third-order valence-electron chi connectivity index (χ3n) is 2.79. The summed E-state index contributed by atoms with van der Waals surface area (Å²) in [6, 6.07) is 14.0. The average molecular weight is 298 g/mol. The van der Waals surface area contributed by atoms with Crippen LogP contribution in [0.2, 0.25) is 5.02 Å². The fraction of sp³-hybridized carbons (Fsp3) is 0.0625. The zero-order chi connectivity index (χ0) is 15.2. The minimum Gasteiger partial charge on any atom is -0.343 e. The quantitative estimate of drug-likeness (QED) is 0.529. The van der Waals surface area contributed by atoms with Gasteiger partial charge in [0, 0.05) is 17.5 Å². The van der Waals surface area contributed by atoms with Crippen LogP contribution in [0.15, 0.2) is 59.9 Å². The minimum atomic E-state index is -0.322. The third kappa shape index (κ3) is 3.68. The third-order valence-corrected chi connectivity index (χ3v) is 3.02. The molecule has 0 fully saturated rings. The van der Waals surface area contributed by atoms with Crippen LogP contribution in [0.25, 0.3) is 0 Å². The maximum Gasteiger partial charge on any atom is 0.205 e. The molecule has 1 heterocycles. The van der Waals surface area contributed by atoms with Crippen molar-refractivity contribution in [3.63, 3.8) is 0 Å². The Morgan fingerprint density at radius 3 is 2.52 bits per heavy atom. The molecule has 0 bridgehead atoms. The number of carbonyl (C=O) groups excluding carboxylic acids is 1. The van der Waals surface area contributed by atoms with Gasteiger partial charge >= 0.3 is 0 Å². The van der Waals surface area contributed by atoms with Crippen molar-refractivity contribution in [3.8, 4) is 6.07 Å². The molecule has 0 atom stereocenters. The fourth-order valence-corrected chi connectivity index (χ4v) is 1.85. The van der Waals surface area contributed by atoms with E-state index < -0.39 is 0 Å². The zero-order valence-electron chi connectivity index (χ0n) is 11.3. The van der Waals surface area contributed by atoms with Crippen molar-refractivity contribution in [1.82, 2.24) is 4.98 Å². The summed E-state index contributed by atoms with van der Waals surface area (Å²) in [5.74, 6) is 0.197. The van der Waals surface area contributed by atoms with E-state index in [2.05, 4.69) is 10.3 Å². The van der Waals surface area contributed by atoms with E-state index in [0.29, 0.717) is 22.1 Å². The standard InChI is InChI=1S/C16H12ClN3O/c1-11(20-15-8-7-13(17)10-19-15)14(9-18)16(21)12-5-3-2-4-6-12/h2-8,10H,1H3,(H,19,20)/b14-11+. The van der Waals surface area contributed by atoms with Crippen molar-refractivity contribution in [1.29, 1.82) is 5.26 Å². The summed E-state index contributed by atoms with van der Waals surface area (Å²) in [5.41, 5.74) is 0.971. The van der Waals surface area contributed by atoms with E-state index in [1.165, 1.54) is 6.20 Å². The first-order valence-corrected chi connectivity index (χ1v) is 6.59. The Hall–Kier alpha value is -2.64. The minimum absolute atomic E-state index is 0.0537.